The first-order valence-corrected chi connectivity index (χ1v) is 10.4. The van der Waals surface area contributed by atoms with Crippen LogP contribution in [0.1, 0.15) is 45.6 Å². The van der Waals surface area contributed by atoms with Gasteiger partial charge in [-0.2, -0.15) is 0 Å². The average molecular weight is 388 g/mol. The number of anilines is 1. The number of pyridine rings is 1. The Labute approximate surface area is 168 Å². The van der Waals surface area contributed by atoms with Crippen molar-refractivity contribution < 1.29 is 9.59 Å². The highest BCUT2D eigenvalue weighted by Crippen LogP contribution is 2.22. The van der Waals surface area contributed by atoms with Crippen LogP contribution >= 0.6 is 0 Å². The molecule has 154 valence electrons. The summed E-state index contributed by atoms with van der Waals surface area (Å²) < 4.78 is 0. The lowest BCUT2D eigenvalue weighted by atomic mass is 9.94. The molecule has 3 amide bonds. The highest BCUT2D eigenvalue weighted by atomic mass is 16.2. The van der Waals surface area contributed by atoms with Gasteiger partial charge in [-0.1, -0.05) is 26.8 Å². The third-order valence-electron chi connectivity index (χ3n) is 5.45. The molecule has 2 saturated heterocycles. The third kappa shape index (κ3) is 4.94. The van der Waals surface area contributed by atoms with E-state index in [1.54, 1.807) is 4.90 Å². The van der Waals surface area contributed by atoms with Gasteiger partial charge in [0.1, 0.15) is 5.82 Å². The third-order valence-corrected chi connectivity index (χ3v) is 5.45. The number of piperidine rings is 1. The second-order valence-electron chi connectivity index (χ2n) is 8.72. The highest BCUT2D eigenvalue weighted by Gasteiger charge is 2.30. The van der Waals surface area contributed by atoms with Crippen molar-refractivity contribution in [3.63, 3.8) is 0 Å². The number of hydrogen-bond donors (Lipinski definition) is 1. The molecule has 0 bridgehead atoms. The Balaban J connectivity index is 1.52. The standard InChI is InChI=1S/C21H33N5O2/c1-21(2,3)19(27)25-12-14-26(15-13-25)20(28)23-16-17-8-7-9-22-18(17)24-10-5-4-6-11-24/h7-9H,4-6,10-16H2,1-3H3,(H,23,28). The van der Waals surface area contributed by atoms with Gasteiger partial charge in [-0.25, -0.2) is 9.78 Å². The molecule has 0 aromatic carbocycles. The first-order chi connectivity index (χ1) is 13.4. The lowest BCUT2D eigenvalue weighted by molar-refractivity contribution is -0.140. The number of aromatic nitrogens is 1. The average Bonchev–Trinajstić information content (AvgIpc) is 2.72. The predicted octanol–water partition coefficient (Wildman–Crippen LogP) is 2.47. The summed E-state index contributed by atoms with van der Waals surface area (Å²) in [5, 5.41) is 3.04. The lowest BCUT2D eigenvalue weighted by Crippen LogP contribution is -2.54. The number of nitrogens with one attached hydrogen (secondary N) is 1. The minimum Gasteiger partial charge on any atom is -0.356 e. The minimum atomic E-state index is -0.379. The Morgan fingerprint density at radius 1 is 1.00 bits per heavy atom. The van der Waals surface area contributed by atoms with Gasteiger partial charge in [0.05, 0.1) is 0 Å². The summed E-state index contributed by atoms with van der Waals surface area (Å²) >= 11 is 0. The summed E-state index contributed by atoms with van der Waals surface area (Å²) in [4.78, 5) is 35.5. The fourth-order valence-corrected chi connectivity index (χ4v) is 3.83. The molecule has 0 unspecified atom stereocenters. The number of urea groups is 1. The molecule has 3 heterocycles. The van der Waals surface area contributed by atoms with Crippen molar-refractivity contribution in [1.29, 1.82) is 0 Å². The lowest BCUT2D eigenvalue weighted by Gasteiger charge is -2.37. The van der Waals surface area contributed by atoms with E-state index in [1.807, 2.05) is 44.0 Å². The van der Waals surface area contributed by atoms with Crippen molar-refractivity contribution in [2.45, 2.75) is 46.6 Å². The summed E-state index contributed by atoms with van der Waals surface area (Å²) in [7, 11) is 0. The molecular formula is C21H33N5O2. The van der Waals surface area contributed by atoms with Crippen LogP contribution in [0.5, 0.6) is 0 Å². The van der Waals surface area contributed by atoms with Crippen molar-refractivity contribution in [3.8, 4) is 0 Å². The second-order valence-corrected chi connectivity index (χ2v) is 8.72. The molecule has 2 aliphatic rings. The molecule has 1 aromatic heterocycles. The SMILES string of the molecule is CC(C)(C)C(=O)N1CCN(C(=O)NCc2cccnc2N2CCCCC2)CC1. The Hall–Kier alpha value is -2.31. The van der Waals surface area contributed by atoms with Crippen LogP contribution in [0.25, 0.3) is 0 Å². The number of nitrogens with zero attached hydrogens (tertiary/aromatic N) is 4. The summed E-state index contributed by atoms with van der Waals surface area (Å²) in [5.41, 5.74) is 0.676. The molecular weight excluding hydrogens is 354 g/mol. The van der Waals surface area contributed by atoms with Crippen molar-refractivity contribution in [1.82, 2.24) is 20.1 Å². The number of carbonyl (C=O) groups excluding carboxylic acids is 2. The molecule has 0 atom stereocenters. The van der Waals surface area contributed by atoms with Crippen LogP contribution in [-0.4, -0.2) is 66.0 Å². The van der Waals surface area contributed by atoms with Crippen LogP contribution in [0, 0.1) is 5.41 Å². The van der Waals surface area contributed by atoms with Gasteiger partial charge in [0.25, 0.3) is 0 Å². The zero-order valence-electron chi connectivity index (χ0n) is 17.4. The number of piperazine rings is 1. The largest absolute Gasteiger partial charge is 0.356 e. The normalized spacial score (nSPS) is 18.2. The van der Waals surface area contributed by atoms with Gasteiger partial charge in [-0.15, -0.1) is 0 Å². The zero-order chi connectivity index (χ0) is 20.1. The van der Waals surface area contributed by atoms with Crippen molar-refractivity contribution in [2.24, 2.45) is 5.41 Å². The van der Waals surface area contributed by atoms with Crippen LogP contribution in [0.15, 0.2) is 18.3 Å². The Kier molecular flexibility index (Phi) is 6.42. The predicted molar refractivity (Wildman–Crippen MR) is 110 cm³/mol. The fraction of sp³-hybridized carbons (Fsp3) is 0.667. The van der Waals surface area contributed by atoms with Gasteiger partial charge in [0.15, 0.2) is 0 Å². The molecule has 1 aromatic rings. The number of hydrogen-bond acceptors (Lipinski definition) is 4. The fourth-order valence-electron chi connectivity index (χ4n) is 3.83. The van der Waals surface area contributed by atoms with Crippen LogP contribution in [0.3, 0.4) is 0 Å². The van der Waals surface area contributed by atoms with E-state index >= 15 is 0 Å². The molecule has 7 nitrogen and oxygen atoms in total. The first-order valence-electron chi connectivity index (χ1n) is 10.4. The zero-order valence-corrected chi connectivity index (χ0v) is 17.4. The maximum absolute atomic E-state index is 12.6. The molecule has 0 aliphatic carbocycles. The molecule has 7 heteroatoms. The van der Waals surface area contributed by atoms with Crippen molar-refractivity contribution >= 4 is 17.8 Å². The quantitative estimate of drug-likeness (QED) is 0.865. The Morgan fingerprint density at radius 3 is 2.29 bits per heavy atom. The molecule has 3 rings (SSSR count). The summed E-state index contributed by atoms with van der Waals surface area (Å²) in [6.07, 6.45) is 5.49. The van der Waals surface area contributed by atoms with Crippen LogP contribution in [0.2, 0.25) is 0 Å². The van der Waals surface area contributed by atoms with Gasteiger partial charge < -0.3 is 20.0 Å². The first kappa shape index (κ1) is 20.4. The summed E-state index contributed by atoms with van der Waals surface area (Å²) in [6.45, 7) is 10.7. The van der Waals surface area contributed by atoms with E-state index in [2.05, 4.69) is 15.2 Å². The van der Waals surface area contributed by atoms with E-state index < -0.39 is 0 Å². The van der Waals surface area contributed by atoms with E-state index in [-0.39, 0.29) is 17.4 Å². The maximum atomic E-state index is 12.6. The smallest absolute Gasteiger partial charge is 0.317 e. The van der Waals surface area contributed by atoms with Gasteiger partial charge in [-0.05, 0) is 25.3 Å². The van der Waals surface area contributed by atoms with Crippen LogP contribution in [0.4, 0.5) is 10.6 Å². The molecule has 1 N–H and O–H groups in total. The molecule has 0 radical (unpaired) electrons. The minimum absolute atomic E-state index is 0.0729. The van der Waals surface area contributed by atoms with E-state index in [9.17, 15) is 9.59 Å². The molecule has 28 heavy (non-hydrogen) atoms. The second kappa shape index (κ2) is 8.80. The monoisotopic (exact) mass is 387 g/mol. The van der Waals surface area contributed by atoms with E-state index in [4.69, 9.17) is 0 Å². The highest BCUT2D eigenvalue weighted by molar-refractivity contribution is 5.82. The van der Waals surface area contributed by atoms with Gasteiger partial charge in [0.2, 0.25) is 5.91 Å². The molecule has 2 fully saturated rings. The molecule has 0 saturated carbocycles. The van der Waals surface area contributed by atoms with E-state index in [1.165, 1.54) is 19.3 Å². The van der Waals surface area contributed by atoms with Crippen molar-refractivity contribution in [3.05, 3.63) is 23.9 Å². The van der Waals surface area contributed by atoms with Crippen LogP contribution in [-0.2, 0) is 11.3 Å². The van der Waals surface area contributed by atoms with Gasteiger partial charge in [0, 0.05) is 63.0 Å². The topological polar surface area (TPSA) is 68.8 Å². The Bertz CT molecular complexity index is 686. The van der Waals surface area contributed by atoms with Gasteiger partial charge >= 0.3 is 6.03 Å². The number of amides is 3. The number of rotatable bonds is 3. The summed E-state index contributed by atoms with van der Waals surface area (Å²) in [5.74, 6) is 1.14. The van der Waals surface area contributed by atoms with E-state index in [0.717, 1.165) is 24.5 Å². The van der Waals surface area contributed by atoms with E-state index in [0.29, 0.717) is 32.7 Å². The number of carbonyl (C=O) groups is 2. The Morgan fingerprint density at radius 2 is 1.64 bits per heavy atom. The molecule has 2 aliphatic heterocycles. The summed E-state index contributed by atoms with van der Waals surface area (Å²) in [6, 6.07) is 3.89. The van der Waals surface area contributed by atoms with Gasteiger partial charge in [-0.3, -0.25) is 4.79 Å². The maximum Gasteiger partial charge on any atom is 0.317 e. The molecule has 0 spiro atoms. The van der Waals surface area contributed by atoms with Crippen molar-refractivity contribution in [2.75, 3.05) is 44.2 Å². The van der Waals surface area contributed by atoms with Crippen LogP contribution < -0.4 is 10.2 Å².